The average Bonchev–Trinajstić information content (AvgIpc) is 2.71. The smallest absolute Gasteiger partial charge is 0.154 e. The number of nitrogens with two attached hydrogens (primary N) is 1. The predicted molar refractivity (Wildman–Crippen MR) is 66.3 cm³/mol. The van der Waals surface area contributed by atoms with E-state index < -0.39 is 23.1 Å². The van der Waals surface area contributed by atoms with Gasteiger partial charge in [0.05, 0.1) is 24.2 Å². The van der Waals surface area contributed by atoms with E-state index in [9.17, 15) is 13.2 Å². The van der Waals surface area contributed by atoms with E-state index in [1.165, 1.54) is 6.20 Å². The van der Waals surface area contributed by atoms with E-state index in [-0.39, 0.29) is 24.6 Å². The van der Waals surface area contributed by atoms with Crippen LogP contribution in [-0.2, 0) is 11.3 Å². The second-order valence-corrected chi connectivity index (χ2v) is 3.87. The molecule has 0 aliphatic heterocycles. The lowest BCUT2D eigenvalue weighted by molar-refractivity contribution is 0.149. The maximum atomic E-state index is 13.7. The van der Waals surface area contributed by atoms with Crippen molar-refractivity contribution < 1.29 is 17.9 Å². The molecule has 1 aromatic heterocycles. The van der Waals surface area contributed by atoms with E-state index in [2.05, 4.69) is 11.0 Å². The quantitative estimate of drug-likeness (QED) is 0.689. The summed E-state index contributed by atoms with van der Waals surface area (Å²) in [7, 11) is 0. The lowest BCUT2D eigenvalue weighted by Crippen LogP contribution is -2.10. The molecule has 0 unspecified atom stereocenters. The molecule has 2 N–H and O–H groups in total. The molecule has 0 saturated carbocycles. The van der Waals surface area contributed by atoms with E-state index in [4.69, 9.17) is 16.9 Å². The second-order valence-electron chi connectivity index (χ2n) is 3.87. The monoisotopic (exact) mass is 281 g/mol. The first kappa shape index (κ1) is 14.0. The molecule has 2 rings (SSSR count). The number of anilines is 1. The third kappa shape index (κ3) is 2.60. The van der Waals surface area contributed by atoms with Crippen LogP contribution in [0.2, 0.25) is 0 Å². The normalized spacial score (nSPS) is 10.5. The van der Waals surface area contributed by atoms with Crippen molar-refractivity contribution in [3.05, 3.63) is 41.5 Å². The number of rotatable bonds is 4. The SMILES string of the molecule is C#CCOCc1c(N)cnn1-c1c(F)cc(F)cc1F. The first-order valence-electron chi connectivity index (χ1n) is 5.53. The van der Waals surface area contributed by atoms with Gasteiger partial charge in [-0.15, -0.1) is 6.42 Å². The van der Waals surface area contributed by atoms with Crippen molar-refractivity contribution in [1.29, 1.82) is 0 Å². The van der Waals surface area contributed by atoms with Crippen LogP contribution in [-0.4, -0.2) is 16.4 Å². The highest BCUT2D eigenvalue weighted by Gasteiger charge is 2.19. The third-order valence-corrected chi connectivity index (χ3v) is 2.52. The van der Waals surface area contributed by atoms with E-state index in [0.29, 0.717) is 12.1 Å². The second kappa shape index (κ2) is 5.67. The van der Waals surface area contributed by atoms with Gasteiger partial charge in [0, 0.05) is 12.1 Å². The van der Waals surface area contributed by atoms with Gasteiger partial charge in [0.2, 0.25) is 0 Å². The highest BCUT2D eigenvalue weighted by Crippen LogP contribution is 2.23. The third-order valence-electron chi connectivity index (χ3n) is 2.52. The fourth-order valence-electron chi connectivity index (χ4n) is 1.67. The zero-order valence-corrected chi connectivity index (χ0v) is 10.2. The molecule has 7 heteroatoms. The van der Waals surface area contributed by atoms with Gasteiger partial charge in [0.25, 0.3) is 0 Å². The molecule has 104 valence electrons. The fourth-order valence-corrected chi connectivity index (χ4v) is 1.67. The largest absolute Gasteiger partial charge is 0.396 e. The molecular formula is C13H10F3N3O. The van der Waals surface area contributed by atoms with Crippen LogP contribution < -0.4 is 5.73 Å². The Balaban J connectivity index is 2.46. The van der Waals surface area contributed by atoms with E-state index in [1.807, 2.05) is 0 Å². The van der Waals surface area contributed by atoms with Gasteiger partial charge in [-0.05, 0) is 0 Å². The van der Waals surface area contributed by atoms with Crippen molar-refractivity contribution >= 4 is 5.69 Å². The van der Waals surface area contributed by atoms with Crippen molar-refractivity contribution in [1.82, 2.24) is 9.78 Å². The number of halogens is 3. The molecule has 4 nitrogen and oxygen atoms in total. The minimum absolute atomic E-state index is 0.0129. The molecule has 1 heterocycles. The molecule has 0 radical (unpaired) electrons. The Kier molecular flexibility index (Phi) is 3.96. The Hall–Kier alpha value is -2.46. The summed E-state index contributed by atoms with van der Waals surface area (Å²) in [4.78, 5) is 0. The van der Waals surface area contributed by atoms with Crippen LogP contribution in [0, 0.1) is 29.8 Å². The molecule has 1 aromatic carbocycles. The number of hydrogen-bond acceptors (Lipinski definition) is 3. The van der Waals surface area contributed by atoms with Crippen LogP contribution in [0.15, 0.2) is 18.3 Å². The first-order chi connectivity index (χ1) is 9.54. The molecule has 0 amide bonds. The van der Waals surface area contributed by atoms with Gasteiger partial charge in [-0.25, -0.2) is 17.9 Å². The Bertz CT molecular complexity index is 653. The Morgan fingerprint density at radius 1 is 1.30 bits per heavy atom. The standard InChI is InChI=1S/C13H10F3N3O/c1-2-3-20-7-12-11(17)6-18-19(12)13-9(15)4-8(14)5-10(13)16/h1,4-6H,3,7,17H2. The maximum Gasteiger partial charge on any atom is 0.154 e. The highest BCUT2D eigenvalue weighted by atomic mass is 19.1. The molecule has 0 aliphatic carbocycles. The summed E-state index contributed by atoms with van der Waals surface area (Å²) in [6.07, 6.45) is 6.25. The van der Waals surface area contributed by atoms with Gasteiger partial charge >= 0.3 is 0 Å². The number of terminal acetylenes is 1. The number of hydrogen-bond donors (Lipinski definition) is 1. The van der Waals surface area contributed by atoms with Crippen molar-refractivity contribution in [3.8, 4) is 18.0 Å². The summed E-state index contributed by atoms with van der Waals surface area (Å²) in [5.74, 6) is -0.958. The highest BCUT2D eigenvalue weighted by molar-refractivity contribution is 5.46. The molecule has 2 aromatic rings. The number of aromatic nitrogens is 2. The van der Waals surface area contributed by atoms with Crippen LogP contribution in [0.1, 0.15) is 5.69 Å². The molecule has 0 spiro atoms. The Morgan fingerprint density at radius 3 is 2.55 bits per heavy atom. The fraction of sp³-hybridized carbons (Fsp3) is 0.154. The van der Waals surface area contributed by atoms with Crippen LogP contribution in [0.4, 0.5) is 18.9 Å². The Morgan fingerprint density at radius 2 is 1.95 bits per heavy atom. The van der Waals surface area contributed by atoms with E-state index in [0.717, 1.165) is 4.68 Å². The van der Waals surface area contributed by atoms with Crippen LogP contribution in [0.3, 0.4) is 0 Å². The number of ether oxygens (including phenoxy) is 1. The summed E-state index contributed by atoms with van der Waals surface area (Å²) in [6, 6.07) is 1.12. The zero-order chi connectivity index (χ0) is 14.7. The molecule has 0 bridgehead atoms. The van der Waals surface area contributed by atoms with Gasteiger partial charge in [-0.1, -0.05) is 5.92 Å². The minimum atomic E-state index is -1.09. The summed E-state index contributed by atoms with van der Waals surface area (Å²) in [5, 5.41) is 3.77. The van der Waals surface area contributed by atoms with Gasteiger partial charge in [0.1, 0.15) is 18.1 Å². The molecule has 0 aliphatic rings. The van der Waals surface area contributed by atoms with Crippen molar-refractivity contribution in [2.75, 3.05) is 12.3 Å². The van der Waals surface area contributed by atoms with Crippen molar-refractivity contribution in [3.63, 3.8) is 0 Å². The van der Waals surface area contributed by atoms with Gasteiger partial charge in [0.15, 0.2) is 11.6 Å². The topological polar surface area (TPSA) is 53.1 Å². The number of benzene rings is 1. The summed E-state index contributed by atoms with van der Waals surface area (Å²) in [6.45, 7) is -0.0642. The van der Waals surface area contributed by atoms with Crippen LogP contribution in [0.5, 0.6) is 0 Å². The lowest BCUT2D eigenvalue weighted by atomic mass is 10.2. The van der Waals surface area contributed by atoms with Crippen molar-refractivity contribution in [2.45, 2.75) is 6.61 Å². The maximum absolute atomic E-state index is 13.7. The van der Waals surface area contributed by atoms with Crippen LogP contribution >= 0.6 is 0 Å². The molecule has 0 atom stereocenters. The Labute approximate surface area is 113 Å². The van der Waals surface area contributed by atoms with E-state index >= 15 is 0 Å². The molecule has 20 heavy (non-hydrogen) atoms. The number of nitrogens with zero attached hydrogens (tertiary/aromatic N) is 2. The predicted octanol–water partition coefficient (Wildman–Crippen LogP) is 2.02. The number of nitrogen functional groups attached to an aromatic ring is 1. The average molecular weight is 281 g/mol. The molecular weight excluding hydrogens is 271 g/mol. The van der Waals surface area contributed by atoms with Gasteiger partial charge in [-0.3, -0.25) is 0 Å². The first-order valence-corrected chi connectivity index (χ1v) is 5.53. The van der Waals surface area contributed by atoms with E-state index in [1.54, 1.807) is 0 Å². The minimum Gasteiger partial charge on any atom is -0.396 e. The van der Waals surface area contributed by atoms with Gasteiger partial charge in [-0.2, -0.15) is 5.10 Å². The molecule has 0 fully saturated rings. The summed E-state index contributed by atoms with van der Waals surface area (Å²) in [5.41, 5.74) is 5.54. The lowest BCUT2D eigenvalue weighted by Gasteiger charge is -2.10. The van der Waals surface area contributed by atoms with Gasteiger partial charge < -0.3 is 10.5 Å². The molecule has 0 saturated heterocycles. The summed E-state index contributed by atoms with van der Waals surface area (Å²) >= 11 is 0. The van der Waals surface area contributed by atoms with Crippen molar-refractivity contribution in [2.24, 2.45) is 0 Å². The summed E-state index contributed by atoms with van der Waals surface area (Å²) < 4.78 is 46.3. The van der Waals surface area contributed by atoms with Crippen LogP contribution in [0.25, 0.3) is 5.69 Å². The zero-order valence-electron chi connectivity index (χ0n) is 10.2.